The summed E-state index contributed by atoms with van der Waals surface area (Å²) in [5.74, 6) is 0. The van der Waals surface area contributed by atoms with Crippen LogP contribution in [-0.4, -0.2) is 31.2 Å². The van der Waals surface area contributed by atoms with Gasteiger partial charge < -0.3 is 5.11 Å². The van der Waals surface area contributed by atoms with Crippen LogP contribution in [0, 0.1) is 6.92 Å². The van der Waals surface area contributed by atoms with Crippen LogP contribution in [0.3, 0.4) is 0 Å². The molecule has 1 rings (SSSR count). The lowest BCUT2D eigenvalue weighted by Crippen LogP contribution is -2.25. The molecule has 1 heterocycles. The number of halogens is 1. The number of nitrogens with one attached hydrogen (secondary N) is 1. The number of hydrogen-bond donors (Lipinski definition) is 2. The van der Waals surface area contributed by atoms with Crippen molar-refractivity contribution in [2.75, 3.05) is 6.54 Å². The summed E-state index contributed by atoms with van der Waals surface area (Å²) in [5.41, 5.74) is 0.406. The molecule has 8 heteroatoms. The Morgan fingerprint density at radius 2 is 2.24 bits per heavy atom. The number of rotatable bonds is 6. The maximum atomic E-state index is 11.8. The second kappa shape index (κ2) is 6.10. The van der Waals surface area contributed by atoms with Crippen molar-refractivity contribution in [3.05, 3.63) is 10.2 Å². The van der Waals surface area contributed by atoms with Crippen molar-refractivity contribution < 1.29 is 13.5 Å². The summed E-state index contributed by atoms with van der Waals surface area (Å²) in [7, 11) is -3.53. The zero-order chi connectivity index (χ0) is 13.1. The summed E-state index contributed by atoms with van der Waals surface area (Å²) in [4.78, 5) is 3.86. The molecule has 98 valence electrons. The predicted molar refractivity (Wildman–Crippen MR) is 68.0 cm³/mol. The van der Waals surface area contributed by atoms with Gasteiger partial charge in [0.05, 0.1) is 11.8 Å². The van der Waals surface area contributed by atoms with Crippen molar-refractivity contribution in [1.29, 1.82) is 0 Å². The Morgan fingerprint density at radius 3 is 2.71 bits per heavy atom. The molecule has 0 amide bonds. The third-order valence-electron chi connectivity index (χ3n) is 2.06. The first-order valence-corrected chi connectivity index (χ1v) is 7.81. The monoisotopic (exact) mass is 298 g/mol. The van der Waals surface area contributed by atoms with Gasteiger partial charge in [-0.3, -0.25) is 0 Å². The van der Waals surface area contributed by atoms with Crippen LogP contribution in [0.1, 0.15) is 25.5 Å². The number of aliphatic hydroxyl groups excluding tert-OH is 1. The lowest BCUT2D eigenvalue weighted by molar-refractivity contribution is 0.182. The molecule has 1 unspecified atom stereocenters. The van der Waals surface area contributed by atoms with E-state index in [0.29, 0.717) is 25.1 Å². The molecular weight excluding hydrogens is 284 g/mol. The van der Waals surface area contributed by atoms with E-state index >= 15 is 0 Å². The molecule has 0 aliphatic heterocycles. The van der Waals surface area contributed by atoms with Crippen LogP contribution in [0.25, 0.3) is 0 Å². The summed E-state index contributed by atoms with van der Waals surface area (Å²) in [6, 6.07) is 0. The molecule has 2 N–H and O–H groups in total. The fourth-order valence-corrected chi connectivity index (χ4v) is 4.13. The molecule has 0 aliphatic rings. The van der Waals surface area contributed by atoms with Crippen LogP contribution in [0.4, 0.5) is 0 Å². The van der Waals surface area contributed by atoms with E-state index in [0.717, 1.165) is 11.3 Å². The smallest absolute Gasteiger partial charge is 0.251 e. The maximum Gasteiger partial charge on any atom is 0.251 e. The number of nitrogens with zero attached hydrogens (tertiary/aromatic N) is 1. The minimum Gasteiger partial charge on any atom is -0.393 e. The van der Waals surface area contributed by atoms with Crippen LogP contribution >= 0.6 is 22.9 Å². The largest absolute Gasteiger partial charge is 0.393 e. The van der Waals surface area contributed by atoms with E-state index in [2.05, 4.69) is 9.71 Å². The molecule has 1 aromatic heterocycles. The summed E-state index contributed by atoms with van der Waals surface area (Å²) in [6.45, 7) is 3.57. The van der Waals surface area contributed by atoms with Gasteiger partial charge in [0.2, 0.25) is 0 Å². The number of aryl methyl sites for hydroxylation is 1. The van der Waals surface area contributed by atoms with Gasteiger partial charge in [0.25, 0.3) is 10.0 Å². The topological polar surface area (TPSA) is 79.3 Å². The molecular formula is C9H15ClN2O3S2. The van der Waals surface area contributed by atoms with Crippen LogP contribution < -0.4 is 4.72 Å². The van der Waals surface area contributed by atoms with Gasteiger partial charge in [0, 0.05) is 6.54 Å². The molecule has 0 saturated carbocycles. The molecule has 0 saturated heterocycles. The highest BCUT2D eigenvalue weighted by Gasteiger charge is 2.20. The fraction of sp³-hybridized carbons (Fsp3) is 0.667. The fourth-order valence-electron chi connectivity index (χ4n) is 1.27. The SMILES string of the molecule is Cc1nc(Cl)sc1S(=O)(=O)NCCCC(C)O. The van der Waals surface area contributed by atoms with Gasteiger partial charge in [-0.1, -0.05) is 22.9 Å². The summed E-state index contributed by atoms with van der Waals surface area (Å²) < 4.78 is 26.5. The number of hydrogen-bond acceptors (Lipinski definition) is 5. The van der Waals surface area contributed by atoms with E-state index in [1.54, 1.807) is 13.8 Å². The van der Waals surface area contributed by atoms with E-state index in [9.17, 15) is 8.42 Å². The first-order valence-electron chi connectivity index (χ1n) is 5.13. The average molecular weight is 299 g/mol. The maximum absolute atomic E-state index is 11.8. The standard InChI is InChI=1S/C9H15ClN2O3S2/c1-6(13)4-3-5-11-17(14,15)8-7(2)12-9(10)16-8/h6,11,13H,3-5H2,1-2H3. The number of aromatic nitrogens is 1. The van der Waals surface area contributed by atoms with Gasteiger partial charge in [-0.25, -0.2) is 18.1 Å². The number of sulfonamides is 1. The molecule has 1 aromatic rings. The van der Waals surface area contributed by atoms with Gasteiger partial charge >= 0.3 is 0 Å². The average Bonchev–Trinajstić information content (AvgIpc) is 2.53. The van der Waals surface area contributed by atoms with E-state index < -0.39 is 16.1 Å². The zero-order valence-corrected chi connectivity index (χ0v) is 12.0. The second-order valence-electron chi connectivity index (χ2n) is 3.73. The second-order valence-corrected chi connectivity index (χ2v) is 7.27. The van der Waals surface area contributed by atoms with Crippen LogP contribution in [0.15, 0.2) is 4.21 Å². The minimum atomic E-state index is -3.53. The first kappa shape index (κ1) is 14.8. The highest BCUT2D eigenvalue weighted by Crippen LogP contribution is 2.26. The number of thiazole rings is 1. The molecule has 0 bridgehead atoms. The summed E-state index contributed by atoms with van der Waals surface area (Å²) >= 11 is 6.60. The Labute approximate surface area is 110 Å². The van der Waals surface area contributed by atoms with E-state index in [-0.39, 0.29) is 8.68 Å². The third kappa shape index (κ3) is 4.51. The highest BCUT2D eigenvalue weighted by molar-refractivity contribution is 7.91. The Hall–Kier alpha value is -0.210. The Morgan fingerprint density at radius 1 is 1.59 bits per heavy atom. The van der Waals surface area contributed by atoms with Crippen LogP contribution in [0.2, 0.25) is 4.47 Å². The normalized spacial score (nSPS) is 13.9. The van der Waals surface area contributed by atoms with E-state index in [4.69, 9.17) is 16.7 Å². The Kier molecular flexibility index (Phi) is 5.33. The lowest BCUT2D eigenvalue weighted by Gasteiger charge is -2.06. The Balaban J connectivity index is 2.60. The van der Waals surface area contributed by atoms with Crippen LogP contribution in [0.5, 0.6) is 0 Å². The molecule has 5 nitrogen and oxygen atoms in total. The molecule has 0 spiro atoms. The lowest BCUT2D eigenvalue weighted by atomic mass is 10.2. The predicted octanol–water partition coefficient (Wildman–Crippen LogP) is 1.54. The molecule has 17 heavy (non-hydrogen) atoms. The zero-order valence-electron chi connectivity index (χ0n) is 9.60. The van der Waals surface area contributed by atoms with Gasteiger partial charge in [0.15, 0.2) is 8.68 Å². The Bertz CT molecular complexity index is 471. The van der Waals surface area contributed by atoms with Crippen molar-refractivity contribution in [3.63, 3.8) is 0 Å². The molecule has 0 aliphatic carbocycles. The van der Waals surface area contributed by atoms with Crippen molar-refractivity contribution >= 4 is 33.0 Å². The first-order chi connectivity index (χ1) is 7.83. The van der Waals surface area contributed by atoms with Crippen molar-refractivity contribution in [2.45, 2.75) is 37.0 Å². The van der Waals surface area contributed by atoms with Crippen molar-refractivity contribution in [3.8, 4) is 0 Å². The van der Waals surface area contributed by atoms with Crippen molar-refractivity contribution in [1.82, 2.24) is 9.71 Å². The number of aliphatic hydroxyl groups is 1. The van der Waals surface area contributed by atoms with Crippen LogP contribution in [-0.2, 0) is 10.0 Å². The van der Waals surface area contributed by atoms with Gasteiger partial charge in [0.1, 0.15) is 0 Å². The summed E-state index contributed by atoms with van der Waals surface area (Å²) in [6.07, 6.45) is 0.729. The molecule has 0 radical (unpaired) electrons. The summed E-state index contributed by atoms with van der Waals surface area (Å²) in [5, 5.41) is 9.04. The molecule has 1 atom stereocenters. The van der Waals surface area contributed by atoms with Gasteiger partial charge in [-0.2, -0.15) is 0 Å². The third-order valence-corrected chi connectivity index (χ3v) is 5.40. The van der Waals surface area contributed by atoms with E-state index in [1.165, 1.54) is 0 Å². The van der Waals surface area contributed by atoms with E-state index in [1.807, 2.05) is 0 Å². The molecule has 0 aromatic carbocycles. The molecule has 0 fully saturated rings. The van der Waals surface area contributed by atoms with Crippen molar-refractivity contribution in [2.24, 2.45) is 0 Å². The van der Waals surface area contributed by atoms with Gasteiger partial charge in [-0.15, -0.1) is 0 Å². The highest BCUT2D eigenvalue weighted by atomic mass is 35.5. The minimum absolute atomic E-state index is 0.152. The quantitative estimate of drug-likeness (QED) is 0.781. The van der Waals surface area contributed by atoms with Gasteiger partial charge in [-0.05, 0) is 26.7 Å².